The van der Waals surface area contributed by atoms with Crippen LogP contribution in [0.5, 0.6) is 0 Å². The summed E-state index contributed by atoms with van der Waals surface area (Å²) < 4.78 is 5.02. The predicted octanol–water partition coefficient (Wildman–Crippen LogP) is 3.37. The number of rotatable bonds is 8. The Kier molecular flexibility index (Phi) is 16.6. The van der Waals surface area contributed by atoms with Crippen LogP contribution in [0.4, 0.5) is 0 Å². The largest absolute Gasteiger partial charge is 0.345 e. The summed E-state index contributed by atoms with van der Waals surface area (Å²) in [5.41, 5.74) is 0. The van der Waals surface area contributed by atoms with E-state index in [0.29, 0.717) is 0 Å². The maximum absolute atomic E-state index is 4.70. The summed E-state index contributed by atoms with van der Waals surface area (Å²) in [6, 6.07) is 0. The zero-order valence-electron chi connectivity index (χ0n) is 8.41. The maximum atomic E-state index is 4.70. The van der Waals surface area contributed by atoms with Gasteiger partial charge in [-0.05, 0) is 12.8 Å². The Labute approximate surface area is 106 Å². The average Bonchev–Trinajstić information content (AvgIpc) is 2.10. The van der Waals surface area contributed by atoms with Gasteiger partial charge in [0.1, 0.15) is 0 Å². The van der Waals surface area contributed by atoms with Gasteiger partial charge in [0.15, 0.2) is 0 Å². The van der Waals surface area contributed by atoms with E-state index in [1.54, 1.807) is 11.9 Å². The second kappa shape index (κ2) is 13.1. The molecule has 0 aliphatic rings. The molecule has 13 heavy (non-hydrogen) atoms. The molecule has 0 aromatic carbocycles. The van der Waals surface area contributed by atoms with Gasteiger partial charge in [0.25, 0.3) is 0 Å². The van der Waals surface area contributed by atoms with Crippen LogP contribution in [0.2, 0.25) is 0 Å². The van der Waals surface area contributed by atoms with Crippen molar-refractivity contribution in [2.45, 2.75) is 39.5 Å². The third-order valence-electron chi connectivity index (χ3n) is 1.69. The molecule has 0 fully saturated rings. The normalized spacial score (nSPS) is 9.77. The standard InChI is InChI=1S/C9H18NS2.Mo/c1-3-5-7-10(12-9-11)8-6-4-2;/h3-8H2,1-2H3;/q-1;. The molecule has 0 N–H and O–H groups in total. The second-order valence-corrected chi connectivity index (χ2v) is 4.18. The monoisotopic (exact) mass is 302 g/mol. The fraction of sp³-hybridized carbons (Fsp3) is 0.889. The molecule has 0 aliphatic carbocycles. The molecule has 0 rings (SSSR count). The Morgan fingerprint density at radius 1 is 1.15 bits per heavy atom. The summed E-state index contributed by atoms with van der Waals surface area (Å²) in [4.78, 5) is 0. The van der Waals surface area contributed by atoms with Crippen LogP contribution in [0.1, 0.15) is 39.5 Å². The molecule has 0 bridgehead atoms. The molecule has 4 heteroatoms. The van der Waals surface area contributed by atoms with E-state index >= 15 is 0 Å². The molecule has 1 nitrogen and oxygen atoms in total. The van der Waals surface area contributed by atoms with Crippen molar-refractivity contribution < 1.29 is 21.1 Å². The molecule has 0 aliphatic heterocycles. The van der Waals surface area contributed by atoms with Crippen molar-refractivity contribution in [1.29, 1.82) is 0 Å². The second-order valence-electron chi connectivity index (χ2n) is 2.81. The van der Waals surface area contributed by atoms with Crippen molar-refractivity contribution in [3.63, 3.8) is 0 Å². The smallest absolute Gasteiger partial charge is 0.00644 e. The van der Waals surface area contributed by atoms with Gasteiger partial charge in [-0.25, -0.2) is 0 Å². The first-order chi connectivity index (χ1) is 5.85. The van der Waals surface area contributed by atoms with Crippen LogP contribution in [0, 0.1) is 0 Å². The molecular weight excluding hydrogens is 282 g/mol. The third kappa shape index (κ3) is 11.0. The molecule has 0 aromatic heterocycles. The van der Waals surface area contributed by atoms with Gasteiger partial charge in [-0.1, -0.05) is 26.7 Å². The van der Waals surface area contributed by atoms with E-state index < -0.39 is 0 Å². The molecule has 0 aromatic rings. The number of nitrogens with zero attached hydrogens (tertiary/aromatic N) is 1. The Morgan fingerprint density at radius 2 is 1.62 bits per heavy atom. The van der Waals surface area contributed by atoms with E-state index in [9.17, 15) is 0 Å². The van der Waals surface area contributed by atoms with Crippen LogP contribution >= 0.6 is 24.2 Å². The zero-order chi connectivity index (χ0) is 9.23. The molecule has 0 atom stereocenters. The Balaban J connectivity index is 0. The minimum atomic E-state index is 0. The predicted molar refractivity (Wildman–Crippen MR) is 61.6 cm³/mol. The minimum absolute atomic E-state index is 0. The van der Waals surface area contributed by atoms with Crippen molar-refractivity contribution in [1.82, 2.24) is 4.31 Å². The maximum Gasteiger partial charge on any atom is 0.00644 e. The Morgan fingerprint density at radius 3 is 1.92 bits per heavy atom. The quantitative estimate of drug-likeness (QED) is 0.293. The summed E-state index contributed by atoms with van der Waals surface area (Å²) in [6.45, 7) is 6.71. The van der Waals surface area contributed by atoms with Crippen molar-refractivity contribution >= 4 is 28.9 Å². The fourth-order valence-electron chi connectivity index (χ4n) is 0.925. The van der Waals surface area contributed by atoms with Gasteiger partial charge in [0.05, 0.1) is 0 Å². The summed E-state index contributed by atoms with van der Waals surface area (Å²) in [7, 11) is 0. The summed E-state index contributed by atoms with van der Waals surface area (Å²) in [6.07, 6.45) is 5.02. The van der Waals surface area contributed by atoms with Crippen molar-refractivity contribution in [2.24, 2.45) is 0 Å². The third-order valence-corrected chi connectivity index (χ3v) is 2.61. The first kappa shape index (κ1) is 16.5. The van der Waals surface area contributed by atoms with Crippen LogP contribution in [-0.2, 0) is 21.1 Å². The van der Waals surface area contributed by atoms with Crippen LogP contribution in [-0.4, -0.2) is 22.1 Å². The van der Waals surface area contributed by atoms with Gasteiger partial charge in [0.2, 0.25) is 0 Å². The van der Waals surface area contributed by atoms with E-state index in [1.165, 1.54) is 25.7 Å². The first-order valence-corrected chi connectivity index (χ1v) is 5.82. The molecule has 0 unspecified atom stereocenters. The Bertz CT molecular complexity index is 104. The topological polar surface area (TPSA) is 3.24 Å². The molecule has 0 spiro atoms. The van der Waals surface area contributed by atoms with Crippen molar-refractivity contribution in [2.75, 3.05) is 13.1 Å². The molecule has 0 saturated carbocycles. The number of hydrogen-bond acceptors (Lipinski definition) is 3. The van der Waals surface area contributed by atoms with E-state index in [-0.39, 0.29) is 21.1 Å². The van der Waals surface area contributed by atoms with E-state index in [4.69, 9.17) is 12.2 Å². The summed E-state index contributed by atoms with van der Waals surface area (Å²) >= 11 is 6.25. The number of hydrogen-bond donors (Lipinski definition) is 0. The first-order valence-electron chi connectivity index (χ1n) is 4.64. The zero-order valence-corrected chi connectivity index (χ0v) is 12.1. The molecule has 0 amide bonds. The van der Waals surface area contributed by atoms with Crippen LogP contribution in [0.3, 0.4) is 0 Å². The fourth-order valence-corrected chi connectivity index (χ4v) is 1.79. The molecule has 78 valence electrons. The molecule has 0 saturated heterocycles. The van der Waals surface area contributed by atoms with Gasteiger partial charge in [-0.2, -0.15) is 0 Å². The van der Waals surface area contributed by atoms with Crippen molar-refractivity contribution in [3.05, 3.63) is 0 Å². The van der Waals surface area contributed by atoms with Gasteiger partial charge in [-0.15, -0.1) is 0 Å². The van der Waals surface area contributed by atoms with Crippen LogP contribution in [0.25, 0.3) is 0 Å². The van der Waals surface area contributed by atoms with Crippen LogP contribution < -0.4 is 0 Å². The number of thiocarbonyl (C=S) groups is 1. The number of unbranched alkanes of at least 4 members (excludes halogenated alkanes) is 2. The van der Waals surface area contributed by atoms with Crippen molar-refractivity contribution in [3.8, 4) is 0 Å². The van der Waals surface area contributed by atoms with Crippen LogP contribution in [0.15, 0.2) is 0 Å². The summed E-state index contributed by atoms with van der Waals surface area (Å²) in [5.74, 6) is 0. The molecule has 0 heterocycles. The Hall–Kier alpha value is 1.09. The van der Waals surface area contributed by atoms with E-state index in [0.717, 1.165) is 13.1 Å². The van der Waals surface area contributed by atoms with Gasteiger partial charge >= 0.3 is 0 Å². The SMILES string of the molecule is CCCCN(CCCC)S[C-]=S.[Mo]. The van der Waals surface area contributed by atoms with E-state index in [1.807, 2.05) is 0 Å². The molecule has 0 radical (unpaired) electrons. The minimum Gasteiger partial charge on any atom is -0.345 e. The van der Waals surface area contributed by atoms with Gasteiger partial charge < -0.3 is 16.9 Å². The average molecular weight is 300 g/mol. The summed E-state index contributed by atoms with van der Waals surface area (Å²) in [5, 5.41) is 0. The van der Waals surface area contributed by atoms with Gasteiger partial charge in [0, 0.05) is 34.2 Å². The molecular formula is C9H18MoNS2-. The van der Waals surface area contributed by atoms with E-state index in [2.05, 4.69) is 22.9 Å². The van der Waals surface area contributed by atoms with Gasteiger partial charge in [-0.3, -0.25) is 16.3 Å².